The van der Waals surface area contributed by atoms with Gasteiger partial charge in [0.05, 0.1) is 30.2 Å². The second kappa shape index (κ2) is 8.62. The number of aliphatic hydroxyl groups is 2. The van der Waals surface area contributed by atoms with Crippen LogP contribution in [0.25, 0.3) is 11.3 Å². The van der Waals surface area contributed by atoms with E-state index in [1.807, 2.05) is 6.07 Å². The lowest BCUT2D eigenvalue weighted by molar-refractivity contribution is -0.114. The molecule has 0 spiro atoms. The molecule has 28 heavy (non-hydrogen) atoms. The molecule has 0 unspecified atom stereocenters. The Kier molecular flexibility index (Phi) is 6.21. The van der Waals surface area contributed by atoms with Crippen LogP contribution < -0.4 is 10.6 Å². The van der Waals surface area contributed by atoms with E-state index in [9.17, 15) is 9.90 Å². The van der Waals surface area contributed by atoms with Gasteiger partial charge in [-0.15, -0.1) is 0 Å². The molecule has 1 aliphatic heterocycles. The summed E-state index contributed by atoms with van der Waals surface area (Å²) in [5.74, 6) is 0.819. The number of rotatable bonds is 2. The predicted molar refractivity (Wildman–Crippen MR) is 109 cm³/mol. The standard InChI is InChI=1S/C14H15N5O2.C6H12O.H2/c1-14(2,21)10-4-3-8(5-15-10)9-6-16-12-13(18-9)19-11(20)7-17-12;7-6-4-2-1-3-5-6;/h3-6,21H,7H2,1-2H3,(H,16,17)(H,18,19,20);6-7H,1-5H2;1H. The average Bonchev–Trinajstić information content (AvgIpc) is 2.68. The number of anilines is 2. The van der Waals surface area contributed by atoms with Gasteiger partial charge in [-0.1, -0.05) is 19.3 Å². The molecule has 1 fully saturated rings. The van der Waals surface area contributed by atoms with Crippen molar-refractivity contribution in [1.82, 2.24) is 15.0 Å². The van der Waals surface area contributed by atoms with Gasteiger partial charge in [-0.05, 0) is 38.8 Å². The third kappa shape index (κ3) is 5.24. The van der Waals surface area contributed by atoms with Gasteiger partial charge in [-0.2, -0.15) is 0 Å². The van der Waals surface area contributed by atoms with Crippen molar-refractivity contribution >= 4 is 17.5 Å². The minimum Gasteiger partial charge on any atom is -0.393 e. The molecule has 152 valence electrons. The summed E-state index contributed by atoms with van der Waals surface area (Å²) in [7, 11) is 0. The molecule has 0 aromatic carbocycles. The van der Waals surface area contributed by atoms with Gasteiger partial charge in [0.2, 0.25) is 5.91 Å². The van der Waals surface area contributed by atoms with Gasteiger partial charge in [-0.25, -0.2) is 9.97 Å². The van der Waals surface area contributed by atoms with Crippen LogP contribution in [0.1, 0.15) is 53.1 Å². The fourth-order valence-electron chi connectivity index (χ4n) is 3.07. The van der Waals surface area contributed by atoms with Gasteiger partial charge in [0.1, 0.15) is 5.60 Å². The molecule has 0 atom stereocenters. The monoisotopic (exact) mass is 387 g/mol. The maximum Gasteiger partial charge on any atom is 0.244 e. The van der Waals surface area contributed by atoms with E-state index in [0.717, 1.165) is 18.4 Å². The van der Waals surface area contributed by atoms with Crippen molar-refractivity contribution in [3.8, 4) is 11.3 Å². The molecule has 0 radical (unpaired) electrons. The van der Waals surface area contributed by atoms with Crippen molar-refractivity contribution in [3.05, 3.63) is 30.2 Å². The second-order valence-electron chi connectivity index (χ2n) is 7.64. The summed E-state index contributed by atoms with van der Waals surface area (Å²) in [5.41, 5.74) is 0.954. The molecule has 8 heteroatoms. The fraction of sp³-hybridized carbons (Fsp3) is 0.500. The van der Waals surface area contributed by atoms with Crippen LogP contribution in [0.2, 0.25) is 0 Å². The first-order chi connectivity index (χ1) is 13.3. The van der Waals surface area contributed by atoms with Crippen molar-refractivity contribution in [2.75, 3.05) is 17.2 Å². The van der Waals surface area contributed by atoms with Gasteiger partial charge in [-0.3, -0.25) is 9.78 Å². The summed E-state index contributed by atoms with van der Waals surface area (Å²) >= 11 is 0. The molecule has 2 aromatic rings. The van der Waals surface area contributed by atoms with Crippen molar-refractivity contribution in [3.63, 3.8) is 0 Å². The van der Waals surface area contributed by atoms with Crippen LogP contribution in [0.15, 0.2) is 24.5 Å². The normalized spacial score (nSPS) is 16.9. The first-order valence-corrected chi connectivity index (χ1v) is 9.61. The van der Waals surface area contributed by atoms with Crippen LogP contribution in [-0.2, 0) is 10.4 Å². The van der Waals surface area contributed by atoms with Crippen LogP contribution in [0, 0.1) is 0 Å². The minimum atomic E-state index is -0.988. The van der Waals surface area contributed by atoms with Crippen LogP contribution in [0.4, 0.5) is 11.6 Å². The van der Waals surface area contributed by atoms with Crippen LogP contribution >= 0.6 is 0 Å². The topological polar surface area (TPSA) is 120 Å². The Labute approximate surface area is 165 Å². The molecule has 3 heterocycles. The summed E-state index contributed by atoms with van der Waals surface area (Å²) < 4.78 is 0. The Morgan fingerprint density at radius 1 is 1.11 bits per heavy atom. The molecule has 1 aliphatic carbocycles. The van der Waals surface area contributed by atoms with Crippen LogP contribution in [0.5, 0.6) is 0 Å². The number of hydrogen-bond acceptors (Lipinski definition) is 7. The number of hydrogen-bond donors (Lipinski definition) is 4. The van der Waals surface area contributed by atoms with E-state index in [2.05, 4.69) is 25.6 Å². The largest absolute Gasteiger partial charge is 0.393 e. The number of nitrogens with zero attached hydrogens (tertiary/aromatic N) is 3. The van der Waals surface area contributed by atoms with E-state index in [1.165, 1.54) is 19.3 Å². The summed E-state index contributed by atoms with van der Waals surface area (Å²) in [6.45, 7) is 3.55. The summed E-state index contributed by atoms with van der Waals surface area (Å²) in [5, 5.41) is 24.4. The Hall–Kier alpha value is -2.58. The number of carbonyl (C=O) groups excluding carboxylic acids is 1. The zero-order chi connectivity index (χ0) is 20.1. The number of fused-ring (bicyclic) bond motifs is 1. The van der Waals surface area contributed by atoms with E-state index in [0.29, 0.717) is 23.0 Å². The number of pyridine rings is 1. The van der Waals surface area contributed by atoms with E-state index in [4.69, 9.17) is 5.11 Å². The van der Waals surface area contributed by atoms with E-state index < -0.39 is 5.60 Å². The van der Waals surface area contributed by atoms with Crippen LogP contribution in [0.3, 0.4) is 0 Å². The summed E-state index contributed by atoms with van der Waals surface area (Å²) in [6.07, 6.45) is 9.17. The quantitative estimate of drug-likeness (QED) is 0.625. The van der Waals surface area contributed by atoms with E-state index in [-0.39, 0.29) is 20.0 Å². The molecule has 4 N–H and O–H groups in total. The lowest BCUT2D eigenvalue weighted by Gasteiger charge is -2.18. The SMILES string of the molecule is CC(C)(O)c1ccc(-c2cnc3c(n2)NC(=O)CN3)cn1.OC1CCCCC1.[HH]. The molecule has 0 saturated heterocycles. The highest BCUT2D eigenvalue weighted by Gasteiger charge is 2.19. The Morgan fingerprint density at radius 3 is 2.43 bits per heavy atom. The van der Waals surface area contributed by atoms with E-state index >= 15 is 0 Å². The third-order valence-corrected chi connectivity index (χ3v) is 4.71. The highest BCUT2D eigenvalue weighted by Crippen LogP contribution is 2.25. The number of carbonyl (C=O) groups is 1. The zero-order valence-electron chi connectivity index (χ0n) is 16.3. The van der Waals surface area contributed by atoms with Crippen molar-refractivity contribution < 1.29 is 16.4 Å². The molecule has 4 rings (SSSR count). The molecular weight excluding hydrogens is 358 g/mol. The lowest BCUT2D eigenvalue weighted by Crippen LogP contribution is -2.28. The predicted octanol–water partition coefficient (Wildman–Crippen LogP) is 2.69. The third-order valence-electron chi connectivity index (χ3n) is 4.71. The minimum absolute atomic E-state index is 0. The zero-order valence-corrected chi connectivity index (χ0v) is 16.3. The number of aliphatic hydroxyl groups excluding tert-OH is 1. The Bertz CT molecular complexity index is 818. The smallest absolute Gasteiger partial charge is 0.244 e. The van der Waals surface area contributed by atoms with Gasteiger partial charge in [0, 0.05) is 13.2 Å². The Morgan fingerprint density at radius 2 is 1.86 bits per heavy atom. The van der Waals surface area contributed by atoms with Gasteiger partial charge >= 0.3 is 0 Å². The Balaban J connectivity index is 0.000000319. The summed E-state index contributed by atoms with van der Waals surface area (Å²) in [4.78, 5) is 24.2. The first-order valence-electron chi connectivity index (χ1n) is 9.61. The van der Waals surface area contributed by atoms with Crippen molar-refractivity contribution in [2.45, 2.75) is 57.7 Å². The molecule has 2 aliphatic rings. The van der Waals surface area contributed by atoms with Gasteiger partial charge < -0.3 is 20.8 Å². The molecule has 1 amide bonds. The molecule has 1 saturated carbocycles. The van der Waals surface area contributed by atoms with Crippen LogP contribution in [-0.4, -0.2) is 43.7 Å². The average molecular weight is 387 g/mol. The maximum absolute atomic E-state index is 11.3. The lowest BCUT2D eigenvalue weighted by atomic mass is 9.98. The van der Waals surface area contributed by atoms with Crippen molar-refractivity contribution in [2.24, 2.45) is 0 Å². The van der Waals surface area contributed by atoms with Gasteiger partial charge in [0.25, 0.3) is 0 Å². The highest BCUT2D eigenvalue weighted by atomic mass is 16.3. The number of amides is 1. The first kappa shape index (κ1) is 20.2. The van der Waals surface area contributed by atoms with Gasteiger partial charge in [0.15, 0.2) is 11.6 Å². The molecule has 8 nitrogen and oxygen atoms in total. The van der Waals surface area contributed by atoms with Crippen molar-refractivity contribution in [1.29, 1.82) is 0 Å². The second-order valence-corrected chi connectivity index (χ2v) is 7.64. The number of aromatic nitrogens is 3. The summed E-state index contributed by atoms with van der Waals surface area (Å²) in [6, 6.07) is 3.56. The maximum atomic E-state index is 11.3. The highest BCUT2D eigenvalue weighted by molar-refractivity contribution is 5.98. The van der Waals surface area contributed by atoms with E-state index in [1.54, 1.807) is 32.3 Å². The number of nitrogens with one attached hydrogen (secondary N) is 2. The fourth-order valence-corrected chi connectivity index (χ4v) is 3.07. The molecule has 2 aromatic heterocycles. The molecular formula is C20H29N5O3. The molecule has 0 bridgehead atoms.